The van der Waals surface area contributed by atoms with Crippen LogP contribution in [0.2, 0.25) is 0 Å². The van der Waals surface area contributed by atoms with E-state index in [1.54, 1.807) is 6.20 Å². The molecule has 1 aliphatic heterocycles. The van der Waals surface area contributed by atoms with Crippen molar-refractivity contribution < 1.29 is 9.18 Å². The maximum absolute atomic E-state index is 13.1. The Hall–Kier alpha value is -2.83. The van der Waals surface area contributed by atoms with Crippen molar-refractivity contribution in [2.75, 3.05) is 38.0 Å². The number of amides is 1. The smallest absolute Gasteiger partial charge is 0.238 e. The van der Waals surface area contributed by atoms with Gasteiger partial charge in [-0.15, -0.1) is 0 Å². The fourth-order valence-corrected chi connectivity index (χ4v) is 3.79. The fourth-order valence-electron chi connectivity index (χ4n) is 3.79. The standard InChI is InChI=1S/C23H25FN4O/c24-19-9-7-18(8-10-19)16-27-12-3-13-28(15-14-27)17-23(29)26-22-6-1-5-21-20(22)4-2-11-25-21/h1-2,4-11H,3,12-17H2,(H,26,29). The minimum atomic E-state index is -0.205. The first kappa shape index (κ1) is 19.5. The van der Waals surface area contributed by atoms with E-state index in [0.29, 0.717) is 6.54 Å². The number of rotatable bonds is 5. The molecule has 6 heteroatoms. The van der Waals surface area contributed by atoms with Gasteiger partial charge in [0.15, 0.2) is 0 Å². The predicted octanol–water partition coefficient (Wildman–Crippen LogP) is 3.52. The lowest BCUT2D eigenvalue weighted by Gasteiger charge is -2.21. The average molecular weight is 392 g/mol. The highest BCUT2D eigenvalue weighted by molar-refractivity contribution is 6.01. The summed E-state index contributed by atoms with van der Waals surface area (Å²) in [6, 6.07) is 16.3. The minimum absolute atomic E-state index is 0.00617. The number of hydrogen-bond acceptors (Lipinski definition) is 4. The number of aromatic nitrogens is 1. The number of nitrogens with zero attached hydrogens (tertiary/aromatic N) is 3. The lowest BCUT2D eigenvalue weighted by molar-refractivity contribution is -0.117. The van der Waals surface area contributed by atoms with Crippen molar-refractivity contribution in [2.24, 2.45) is 0 Å². The summed E-state index contributed by atoms with van der Waals surface area (Å²) in [5.74, 6) is -0.211. The first-order valence-electron chi connectivity index (χ1n) is 10.0. The highest BCUT2D eigenvalue weighted by Crippen LogP contribution is 2.21. The van der Waals surface area contributed by atoms with Crippen molar-refractivity contribution in [1.29, 1.82) is 0 Å². The summed E-state index contributed by atoms with van der Waals surface area (Å²) in [5.41, 5.74) is 2.78. The van der Waals surface area contributed by atoms with E-state index in [2.05, 4.69) is 20.1 Å². The summed E-state index contributed by atoms with van der Waals surface area (Å²) in [7, 11) is 0. The molecule has 1 aromatic heterocycles. The molecule has 0 spiro atoms. The second kappa shape index (κ2) is 9.11. The molecule has 3 aromatic rings. The molecule has 2 aromatic carbocycles. The molecule has 1 N–H and O–H groups in total. The van der Waals surface area contributed by atoms with E-state index in [-0.39, 0.29) is 11.7 Å². The number of carbonyl (C=O) groups is 1. The van der Waals surface area contributed by atoms with Crippen molar-refractivity contribution in [3.8, 4) is 0 Å². The van der Waals surface area contributed by atoms with Crippen LogP contribution in [0.5, 0.6) is 0 Å². The number of benzene rings is 2. The van der Waals surface area contributed by atoms with Gasteiger partial charge in [-0.1, -0.05) is 18.2 Å². The Morgan fingerprint density at radius 2 is 1.76 bits per heavy atom. The van der Waals surface area contributed by atoms with Crippen LogP contribution in [0.15, 0.2) is 60.8 Å². The highest BCUT2D eigenvalue weighted by Gasteiger charge is 2.17. The van der Waals surface area contributed by atoms with E-state index < -0.39 is 0 Å². The second-order valence-electron chi connectivity index (χ2n) is 7.46. The van der Waals surface area contributed by atoms with E-state index in [9.17, 15) is 9.18 Å². The van der Waals surface area contributed by atoms with Crippen molar-refractivity contribution in [1.82, 2.24) is 14.8 Å². The Labute approximate surface area is 170 Å². The number of fused-ring (bicyclic) bond motifs is 1. The van der Waals surface area contributed by atoms with E-state index in [4.69, 9.17) is 0 Å². The van der Waals surface area contributed by atoms with Gasteiger partial charge in [0.1, 0.15) is 5.82 Å². The molecular weight excluding hydrogens is 367 g/mol. The van der Waals surface area contributed by atoms with E-state index in [0.717, 1.165) is 61.3 Å². The molecule has 1 amide bonds. The van der Waals surface area contributed by atoms with Crippen LogP contribution in [0.4, 0.5) is 10.1 Å². The van der Waals surface area contributed by atoms with Crippen LogP contribution in [-0.2, 0) is 11.3 Å². The van der Waals surface area contributed by atoms with Crippen LogP contribution in [-0.4, -0.2) is 53.4 Å². The van der Waals surface area contributed by atoms with Crippen molar-refractivity contribution in [3.05, 3.63) is 72.2 Å². The summed E-state index contributed by atoms with van der Waals surface area (Å²) in [6.45, 7) is 4.79. The number of carbonyl (C=O) groups excluding carboxylic acids is 1. The van der Waals surface area contributed by atoms with Crippen molar-refractivity contribution in [2.45, 2.75) is 13.0 Å². The summed E-state index contributed by atoms with van der Waals surface area (Å²) in [6.07, 6.45) is 2.76. The summed E-state index contributed by atoms with van der Waals surface area (Å²) >= 11 is 0. The minimum Gasteiger partial charge on any atom is -0.324 e. The lowest BCUT2D eigenvalue weighted by Crippen LogP contribution is -2.36. The van der Waals surface area contributed by atoms with Crippen LogP contribution < -0.4 is 5.32 Å². The topological polar surface area (TPSA) is 48.5 Å². The maximum Gasteiger partial charge on any atom is 0.238 e. The largest absolute Gasteiger partial charge is 0.324 e. The summed E-state index contributed by atoms with van der Waals surface area (Å²) in [5, 5.41) is 3.99. The van der Waals surface area contributed by atoms with E-state index in [1.165, 1.54) is 12.1 Å². The normalized spacial score (nSPS) is 15.9. The van der Waals surface area contributed by atoms with Crippen LogP contribution in [0.25, 0.3) is 10.9 Å². The molecule has 1 saturated heterocycles. The maximum atomic E-state index is 13.1. The molecule has 5 nitrogen and oxygen atoms in total. The zero-order valence-corrected chi connectivity index (χ0v) is 16.4. The predicted molar refractivity (Wildman–Crippen MR) is 113 cm³/mol. The molecule has 0 saturated carbocycles. The number of pyridine rings is 1. The van der Waals surface area contributed by atoms with Gasteiger partial charge in [-0.2, -0.15) is 0 Å². The molecule has 2 heterocycles. The van der Waals surface area contributed by atoms with Gasteiger partial charge in [0.2, 0.25) is 5.91 Å². The Morgan fingerprint density at radius 3 is 2.62 bits per heavy atom. The first-order valence-corrected chi connectivity index (χ1v) is 10.0. The highest BCUT2D eigenvalue weighted by atomic mass is 19.1. The molecule has 0 bridgehead atoms. The Bertz CT molecular complexity index is 971. The first-order chi connectivity index (χ1) is 14.2. The summed E-state index contributed by atoms with van der Waals surface area (Å²) in [4.78, 5) is 21.5. The van der Waals surface area contributed by atoms with Crippen molar-refractivity contribution in [3.63, 3.8) is 0 Å². The monoisotopic (exact) mass is 392 g/mol. The van der Waals surface area contributed by atoms with Gasteiger partial charge in [-0.05, 0) is 61.5 Å². The van der Waals surface area contributed by atoms with Crippen LogP contribution >= 0.6 is 0 Å². The zero-order valence-electron chi connectivity index (χ0n) is 16.4. The van der Waals surface area contributed by atoms with Crippen molar-refractivity contribution >= 4 is 22.5 Å². The number of hydrogen-bond donors (Lipinski definition) is 1. The Balaban J connectivity index is 1.31. The third-order valence-corrected chi connectivity index (χ3v) is 5.29. The van der Waals surface area contributed by atoms with Gasteiger partial charge in [-0.25, -0.2) is 4.39 Å². The van der Waals surface area contributed by atoms with E-state index >= 15 is 0 Å². The third kappa shape index (κ3) is 5.16. The van der Waals surface area contributed by atoms with Crippen LogP contribution in [0.1, 0.15) is 12.0 Å². The van der Waals surface area contributed by atoms with Gasteiger partial charge in [0.25, 0.3) is 0 Å². The molecular formula is C23H25FN4O. The van der Waals surface area contributed by atoms with Gasteiger partial charge < -0.3 is 5.32 Å². The molecule has 0 unspecified atom stereocenters. The van der Waals surface area contributed by atoms with Crippen LogP contribution in [0, 0.1) is 5.82 Å². The molecule has 1 aliphatic rings. The molecule has 29 heavy (non-hydrogen) atoms. The molecule has 0 atom stereocenters. The Kier molecular flexibility index (Phi) is 6.12. The fraction of sp³-hybridized carbons (Fsp3) is 0.304. The Morgan fingerprint density at radius 1 is 0.966 bits per heavy atom. The van der Waals surface area contributed by atoms with Crippen LogP contribution in [0.3, 0.4) is 0 Å². The molecule has 150 valence electrons. The van der Waals surface area contributed by atoms with Gasteiger partial charge in [0.05, 0.1) is 17.7 Å². The molecule has 0 aliphatic carbocycles. The number of nitrogens with one attached hydrogen (secondary N) is 1. The molecule has 0 radical (unpaired) electrons. The average Bonchev–Trinajstić information content (AvgIpc) is 2.95. The van der Waals surface area contributed by atoms with Gasteiger partial charge in [0, 0.05) is 31.2 Å². The molecule has 4 rings (SSSR count). The van der Waals surface area contributed by atoms with E-state index in [1.807, 2.05) is 42.5 Å². The SMILES string of the molecule is O=C(CN1CCCN(Cc2ccc(F)cc2)CC1)Nc1cccc2ncccc12. The molecule has 1 fully saturated rings. The second-order valence-corrected chi connectivity index (χ2v) is 7.46. The van der Waals surface area contributed by atoms with Gasteiger partial charge in [-0.3, -0.25) is 19.6 Å². The van der Waals surface area contributed by atoms with Gasteiger partial charge >= 0.3 is 0 Å². The zero-order chi connectivity index (χ0) is 20.1. The number of anilines is 1. The lowest BCUT2D eigenvalue weighted by atomic mass is 10.2. The third-order valence-electron chi connectivity index (χ3n) is 5.29. The number of halogens is 1. The summed E-state index contributed by atoms with van der Waals surface area (Å²) < 4.78 is 13.1. The quantitative estimate of drug-likeness (QED) is 0.722.